The second-order valence-corrected chi connectivity index (χ2v) is 10.2. The maximum absolute atomic E-state index is 12.4. The van der Waals surface area contributed by atoms with Gasteiger partial charge in [-0.25, -0.2) is 23.1 Å². The first kappa shape index (κ1) is 18.8. The van der Waals surface area contributed by atoms with Crippen LogP contribution in [0.3, 0.4) is 0 Å². The summed E-state index contributed by atoms with van der Waals surface area (Å²) >= 11 is 6.22. The first-order valence-corrected chi connectivity index (χ1v) is 11.8. The molecule has 1 N–H and O–H groups in total. The quantitative estimate of drug-likeness (QED) is 0.671. The Balaban J connectivity index is 1.49. The zero-order valence-corrected chi connectivity index (χ0v) is 17.4. The number of rotatable bonds is 5. The Hall–Kier alpha value is -2.16. The molecule has 29 heavy (non-hydrogen) atoms. The minimum atomic E-state index is -3.20. The third kappa shape index (κ3) is 3.84. The summed E-state index contributed by atoms with van der Waals surface area (Å²) in [5.41, 5.74) is 1.78. The van der Waals surface area contributed by atoms with E-state index in [4.69, 9.17) is 16.6 Å². The van der Waals surface area contributed by atoms with E-state index >= 15 is 0 Å². The van der Waals surface area contributed by atoms with Crippen molar-refractivity contribution in [3.05, 3.63) is 48.0 Å². The van der Waals surface area contributed by atoms with Crippen molar-refractivity contribution in [1.29, 1.82) is 0 Å². The number of pyridine rings is 1. The molecule has 5 rings (SSSR count). The maximum Gasteiger partial charge on any atom is 0.214 e. The van der Waals surface area contributed by atoms with E-state index in [1.165, 1.54) is 0 Å². The standard InChI is InChI=1S/C20H22ClN5O2S/c21-14-3-6-17-18(10-14)23-20(11-19(17)26-9-7-22-13-26)25-8-1-2-15(12-25)24-29(27,28)16-4-5-16/h3,6-7,9-11,13,15-16,24H,1-2,4-5,8,12H2. The van der Waals surface area contributed by atoms with Gasteiger partial charge in [-0.3, -0.25) is 0 Å². The molecule has 1 saturated heterocycles. The molecule has 2 aliphatic rings. The van der Waals surface area contributed by atoms with Crippen LogP contribution in [0.4, 0.5) is 5.82 Å². The van der Waals surface area contributed by atoms with E-state index in [0.29, 0.717) is 11.6 Å². The van der Waals surface area contributed by atoms with Crippen LogP contribution in [0, 0.1) is 0 Å². The number of benzene rings is 1. The highest BCUT2D eigenvalue weighted by Gasteiger charge is 2.37. The molecular weight excluding hydrogens is 410 g/mol. The number of sulfonamides is 1. The molecule has 1 aromatic carbocycles. The molecule has 2 aromatic heterocycles. The first-order chi connectivity index (χ1) is 14.0. The summed E-state index contributed by atoms with van der Waals surface area (Å²) in [6.07, 6.45) is 8.70. The average Bonchev–Trinajstić information content (AvgIpc) is 3.43. The number of hydrogen-bond donors (Lipinski definition) is 1. The molecule has 0 radical (unpaired) electrons. The topological polar surface area (TPSA) is 80.1 Å². The molecule has 1 saturated carbocycles. The van der Waals surface area contributed by atoms with Gasteiger partial charge in [0.05, 0.1) is 22.8 Å². The zero-order valence-electron chi connectivity index (χ0n) is 15.8. The van der Waals surface area contributed by atoms with Gasteiger partial charge in [0.1, 0.15) is 5.82 Å². The van der Waals surface area contributed by atoms with Gasteiger partial charge in [0.2, 0.25) is 10.0 Å². The van der Waals surface area contributed by atoms with Gasteiger partial charge in [-0.2, -0.15) is 0 Å². The number of hydrogen-bond acceptors (Lipinski definition) is 5. The average molecular weight is 432 g/mol. The van der Waals surface area contributed by atoms with Crippen LogP contribution in [0.1, 0.15) is 25.7 Å². The van der Waals surface area contributed by atoms with Crippen LogP contribution in [-0.2, 0) is 10.0 Å². The van der Waals surface area contributed by atoms with Crippen LogP contribution >= 0.6 is 11.6 Å². The number of halogens is 1. The minimum Gasteiger partial charge on any atom is -0.355 e. The van der Waals surface area contributed by atoms with Crippen LogP contribution in [0.5, 0.6) is 0 Å². The molecule has 1 aliphatic carbocycles. The lowest BCUT2D eigenvalue weighted by atomic mass is 10.1. The van der Waals surface area contributed by atoms with Crippen LogP contribution in [0.2, 0.25) is 5.02 Å². The van der Waals surface area contributed by atoms with Crippen molar-refractivity contribution in [2.24, 2.45) is 0 Å². The molecule has 1 unspecified atom stereocenters. The number of fused-ring (bicyclic) bond motifs is 1. The lowest BCUT2D eigenvalue weighted by Gasteiger charge is -2.34. The van der Waals surface area contributed by atoms with Gasteiger partial charge >= 0.3 is 0 Å². The van der Waals surface area contributed by atoms with E-state index in [1.807, 2.05) is 35.0 Å². The molecular formula is C20H22ClN5O2S. The molecule has 152 valence electrons. The molecule has 1 aliphatic heterocycles. The summed E-state index contributed by atoms with van der Waals surface area (Å²) in [6.45, 7) is 1.44. The molecule has 0 spiro atoms. The second kappa shape index (κ2) is 7.27. The van der Waals surface area contributed by atoms with E-state index in [1.54, 1.807) is 12.5 Å². The Labute approximate surface area is 174 Å². The highest BCUT2D eigenvalue weighted by atomic mass is 35.5. The number of nitrogens with zero attached hydrogens (tertiary/aromatic N) is 4. The summed E-state index contributed by atoms with van der Waals surface area (Å²) in [4.78, 5) is 11.2. The molecule has 2 fully saturated rings. The fourth-order valence-corrected chi connectivity index (χ4v) is 5.71. The monoisotopic (exact) mass is 431 g/mol. The predicted octanol–water partition coefficient (Wildman–Crippen LogP) is 3.12. The fraction of sp³-hybridized carbons (Fsp3) is 0.400. The van der Waals surface area contributed by atoms with Gasteiger partial charge in [0, 0.05) is 48.0 Å². The first-order valence-electron chi connectivity index (χ1n) is 9.84. The van der Waals surface area contributed by atoms with Gasteiger partial charge < -0.3 is 9.47 Å². The van der Waals surface area contributed by atoms with Gasteiger partial charge in [0.25, 0.3) is 0 Å². The lowest BCUT2D eigenvalue weighted by Crippen LogP contribution is -2.48. The van der Waals surface area contributed by atoms with E-state index in [-0.39, 0.29) is 11.3 Å². The van der Waals surface area contributed by atoms with Crippen molar-refractivity contribution < 1.29 is 8.42 Å². The Bertz CT molecular complexity index is 1150. The number of aromatic nitrogens is 3. The summed E-state index contributed by atoms with van der Waals surface area (Å²) in [6, 6.07) is 7.62. The Morgan fingerprint density at radius 3 is 2.79 bits per heavy atom. The summed E-state index contributed by atoms with van der Waals surface area (Å²) in [5.74, 6) is 0.818. The third-order valence-electron chi connectivity index (χ3n) is 5.56. The molecule has 1 atom stereocenters. The van der Waals surface area contributed by atoms with E-state index < -0.39 is 10.0 Å². The lowest BCUT2D eigenvalue weighted by molar-refractivity contribution is 0.464. The Morgan fingerprint density at radius 2 is 2.03 bits per heavy atom. The number of piperidine rings is 1. The highest BCUT2D eigenvalue weighted by molar-refractivity contribution is 7.90. The number of nitrogens with one attached hydrogen (secondary N) is 1. The number of imidazole rings is 1. The van der Waals surface area contributed by atoms with Gasteiger partial charge in [-0.15, -0.1) is 0 Å². The van der Waals surface area contributed by atoms with Crippen molar-refractivity contribution >= 4 is 38.3 Å². The van der Waals surface area contributed by atoms with Crippen molar-refractivity contribution in [3.63, 3.8) is 0 Å². The molecule has 3 aromatic rings. The van der Waals surface area contributed by atoms with Gasteiger partial charge in [-0.05, 0) is 43.9 Å². The van der Waals surface area contributed by atoms with E-state index in [2.05, 4.69) is 14.6 Å². The SMILES string of the molecule is O=S(=O)(NC1CCCN(c2cc(-n3ccnc3)c3ccc(Cl)cc3n2)C1)C1CC1. The van der Waals surface area contributed by atoms with Crippen molar-refractivity contribution in [1.82, 2.24) is 19.3 Å². The van der Waals surface area contributed by atoms with Crippen molar-refractivity contribution in [3.8, 4) is 5.69 Å². The Kier molecular flexibility index (Phi) is 4.72. The van der Waals surface area contributed by atoms with Crippen molar-refractivity contribution in [2.45, 2.75) is 37.0 Å². The molecule has 9 heteroatoms. The summed E-state index contributed by atoms with van der Waals surface area (Å²) < 4.78 is 29.6. The molecule has 0 amide bonds. The molecule has 0 bridgehead atoms. The minimum absolute atomic E-state index is 0.0945. The maximum atomic E-state index is 12.4. The zero-order chi connectivity index (χ0) is 20.0. The normalized spacial score (nSPS) is 20.3. The van der Waals surface area contributed by atoms with Crippen LogP contribution in [-0.4, -0.2) is 47.3 Å². The van der Waals surface area contributed by atoms with Gasteiger partial charge in [-0.1, -0.05) is 11.6 Å². The summed E-state index contributed by atoms with van der Waals surface area (Å²) in [5, 5.41) is 1.42. The molecule has 7 nitrogen and oxygen atoms in total. The third-order valence-corrected chi connectivity index (χ3v) is 7.80. The fourth-order valence-electron chi connectivity index (χ4n) is 3.94. The van der Waals surface area contributed by atoms with E-state index in [9.17, 15) is 8.42 Å². The smallest absolute Gasteiger partial charge is 0.214 e. The van der Waals surface area contributed by atoms with Gasteiger partial charge in [0.15, 0.2) is 0 Å². The Morgan fingerprint density at radius 1 is 1.17 bits per heavy atom. The highest BCUT2D eigenvalue weighted by Crippen LogP contribution is 2.31. The number of anilines is 1. The van der Waals surface area contributed by atoms with E-state index in [0.717, 1.165) is 54.6 Å². The van der Waals surface area contributed by atoms with Crippen molar-refractivity contribution in [2.75, 3.05) is 18.0 Å². The molecule has 3 heterocycles. The van der Waals surface area contributed by atoms with Crippen LogP contribution < -0.4 is 9.62 Å². The van der Waals surface area contributed by atoms with Crippen LogP contribution in [0.15, 0.2) is 43.0 Å². The van der Waals surface area contributed by atoms with Crippen LogP contribution in [0.25, 0.3) is 16.6 Å². The summed E-state index contributed by atoms with van der Waals surface area (Å²) in [7, 11) is -3.20. The predicted molar refractivity (Wildman–Crippen MR) is 114 cm³/mol. The largest absolute Gasteiger partial charge is 0.355 e. The second-order valence-electron chi connectivity index (χ2n) is 7.78.